The largest absolute Gasteiger partial charge is 0.390 e. The third-order valence-electron chi connectivity index (χ3n) is 5.15. The SMILES string of the molecule is OC1(CCC2CCCCC2)CC2CCC(C1)S2. The van der Waals surface area contributed by atoms with Gasteiger partial charge in [0.1, 0.15) is 0 Å². The maximum atomic E-state index is 10.8. The van der Waals surface area contributed by atoms with Gasteiger partial charge in [0.15, 0.2) is 0 Å². The van der Waals surface area contributed by atoms with Crippen LogP contribution >= 0.6 is 11.8 Å². The zero-order chi connectivity index (χ0) is 11.7. The van der Waals surface area contributed by atoms with Crippen LogP contribution in [0.3, 0.4) is 0 Å². The number of thioether (sulfide) groups is 1. The Morgan fingerprint density at radius 3 is 2.24 bits per heavy atom. The van der Waals surface area contributed by atoms with Gasteiger partial charge in [-0.1, -0.05) is 32.1 Å². The lowest BCUT2D eigenvalue weighted by Gasteiger charge is -2.37. The summed E-state index contributed by atoms with van der Waals surface area (Å²) in [6.45, 7) is 0. The van der Waals surface area contributed by atoms with Crippen LogP contribution in [-0.2, 0) is 0 Å². The zero-order valence-electron chi connectivity index (χ0n) is 10.9. The van der Waals surface area contributed by atoms with Gasteiger partial charge in [-0.25, -0.2) is 0 Å². The van der Waals surface area contributed by atoms with Crippen LogP contribution in [0.2, 0.25) is 0 Å². The van der Waals surface area contributed by atoms with Crippen LogP contribution in [0.5, 0.6) is 0 Å². The maximum Gasteiger partial charge on any atom is 0.0669 e. The fraction of sp³-hybridized carbons (Fsp3) is 1.00. The second-order valence-corrected chi connectivity index (χ2v) is 8.24. The predicted octanol–water partition coefficient (Wildman–Crippen LogP) is 4.14. The lowest BCUT2D eigenvalue weighted by molar-refractivity contribution is 0.00816. The fourth-order valence-corrected chi connectivity index (χ4v) is 6.07. The molecular formula is C15H26OS. The molecule has 2 heteroatoms. The van der Waals surface area contributed by atoms with Crippen LogP contribution in [0, 0.1) is 5.92 Å². The summed E-state index contributed by atoms with van der Waals surface area (Å²) in [5.74, 6) is 0.931. The molecule has 0 amide bonds. The Morgan fingerprint density at radius 1 is 0.941 bits per heavy atom. The number of hydrogen-bond donors (Lipinski definition) is 1. The van der Waals surface area contributed by atoms with Crippen LogP contribution in [-0.4, -0.2) is 21.2 Å². The Balaban J connectivity index is 1.50. The van der Waals surface area contributed by atoms with Crippen molar-refractivity contribution >= 4 is 11.8 Å². The van der Waals surface area contributed by atoms with Gasteiger partial charge in [0.05, 0.1) is 5.60 Å². The van der Waals surface area contributed by atoms with Crippen molar-refractivity contribution in [2.45, 2.75) is 86.7 Å². The highest BCUT2D eigenvalue weighted by molar-refractivity contribution is 8.00. The van der Waals surface area contributed by atoms with Crippen LogP contribution in [0.25, 0.3) is 0 Å². The average Bonchev–Trinajstić information content (AvgIpc) is 2.69. The van der Waals surface area contributed by atoms with E-state index in [-0.39, 0.29) is 5.60 Å². The zero-order valence-corrected chi connectivity index (χ0v) is 11.7. The molecule has 0 aromatic carbocycles. The maximum absolute atomic E-state index is 10.8. The van der Waals surface area contributed by atoms with Gasteiger partial charge in [0, 0.05) is 10.5 Å². The van der Waals surface area contributed by atoms with Gasteiger partial charge < -0.3 is 5.11 Å². The summed E-state index contributed by atoms with van der Waals surface area (Å²) >= 11 is 2.16. The molecule has 2 bridgehead atoms. The average molecular weight is 254 g/mol. The highest BCUT2D eigenvalue weighted by Crippen LogP contribution is 2.49. The standard InChI is InChI=1S/C15H26OS/c16-15(9-8-12-4-2-1-3-5-12)10-13-6-7-14(11-15)17-13/h12-14,16H,1-11H2. The second-order valence-electron chi connectivity index (χ2n) is 6.63. The molecule has 3 rings (SSSR count). The monoisotopic (exact) mass is 254 g/mol. The number of hydrogen-bond acceptors (Lipinski definition) is 2. The molecule has 2 heterocycles. The van der Waals surface area contributed by atoms with E-state index in [1.54, 1.807) is 0 Å². The van der Waals surface area contributed by atoms with Gasteiger partial charge in [0.2, 0.25) is 0 Å². The van der Waals surface area contributed by atoms with Crippen LogP contribution in [0.1, 0.15) is 70.6 Å². The lowest BCUT2D eigenvalue weighted by Crippen LogP contribution is -2.37. The fourth-order valence-electron chi connectivity index (χ4n) is 4.16. The summed E-state index contributed by atoms with van der Waals surface area (Å²) in [7, 11) is 0. The normalized spacial score (nSPS) is 42.9. The molecule has 3 fully saturated rings. The van der Waals surface area contributed by atoms with Crippen molar-refractivity contribution < 1.29 is 5.11 Å². The molecule has 98 valence electrons. The topological polar surface area (TPSA) is 20.2 Å². The Kier molecular flexibility index (Phi) is 3.72. The lowest BCUT2D eigenvalue weighted by atomic mass is 9.80. The molecule has 1 saturated carbocycles. The van der Waals surface area contributed by atoms with Gasteiger partial charge >= 0.3 is 0 Å². The van der Waals surface area contributed by atoms with Crippen molar-refractivity contribution in [3.8, 4) is 0 Å². The molecule has 2 atom stereocenters. The minimum Gasteiger partial charge on any atom is -0.390 e. The highest BCUT2D eigenvalue weighted by atomic mass is 32.2. The summed E-state index contributed by atoms with van der Waals surface area (Å²) in [6.07, 6.45) is 14.4. The van der Waals surface area contributed by atoms with E-state index in [0.29, 0.717) is 0 Å². The Hall–Kier alpha value is 0.310. The predicted molar refractivity (Wildman–Crippen MR) is 74.4 cm³/mol. The van der Waals surface area contributed by atoms with Crippen molar-refractivity contribution in [1.82, 2.24) is 0 Å². The first kappa shape index (κ1) is 12.3. The van der Waals surface area contributed by atoms with Crippen molar-refractivity contribution in [2.24, 2.45) is 5.92 Å². The van der Waals surface area contributed by atoms with E-state index in [2.05, 4.69) is 11.8 Å². The summed E-state index contributed by atoms with van der Waals surface area (Å²) in [4.78, 5) is 0. The molecule has 2 saturated heterocycles. The number of aliphatic hydroxyl groups is 1. The van der Waals surface area contributed by atoms with Crippen molar-refractivity contribution in [3.05, 3.63) is 0 Å². The van der Waals surface area contributed by atoms with Gasteiger partial charge in [-0.2, -0.15) is 11.8 Å². The highest BCUT2D eigenvalue weighted by Gasteiger charge is 2.43. The summed E-state index contributed by atoms with van der Waals surface area (Å²) in [5.41, 5.74) is -0.283. The molecule has 1 nitrogen and oxygen atoms in total. The van der Waals surface area contributed by atoms with Crippen molar-refractivity contribution in [1.29, 1.82) is 0 Å². The third kappa shape index (κ3) is 3.01. The molecule has 2 aliphatic heterocycles. The summed E-state index contributed by atoms with van der Waals surface area (Å²) < 4.78 is 0. The molecule has 1 N–H and O–H groups in total. The quantitative estimate of drug-likeness (QED) is 0.817. The van der Waals surface area contributed by atoms with E-state index in [0.717, 1.165) is 35.7 Å². The molecule has 0 aromatic rings. The molecule has 1 aliphatic carbocycles. The third-order valence-corrected chi connectivity index (χ3v) is 6.73. The van der Waals surface area contributed by atoms with Gasteiger partial charge in [-0.15, -0.1) is 0 Å². The molecule has 2 unspecified atom stereocenters. The summed E-state index contributed by atoms with van der Waals surface area (Å²) in [5, 5.41) is 12.3. The van der Waals surface area contributed by atoms with Gasteiger partial charge in [-0.05, 0) is 44.4 Å². The Bertz CT molecular complexity index is 248. The first-order chi connectivity index (χ1) is 8.23. The molecule has 0 spiro atoms. The van der Waals surface area contributed by atoms with E-state index < -0.39 is 0 Å². The van der Waals surface area contributed by atoms with E-state index in [4.69, 9.17) is 0 Å². The van der Waals surface area contributed by atoms with Gasteiger partial charge in [-0.3, -0.25) is 0 Å². The smallest absolute Gasteiger partial charge is 0.0669 e. The van der Waals surface area contributed by atoms with Crippen LogP contribution in [0.15, 0.2) is 0 Å². The van der Waals surface area contributed by atoms with Crippen LogP contribution in [0.4, 0.5) is 0 Å². The second kappa shape index (κ2) is 5.13. The minimum atomic E-state index is -0.283. The van der Waals surface area contributed by atoms with Crippen LogP contribution < -0.4 is 0 Å². The molecule has 17 heavy (non-hydrogen) atoms. The minimum absolute atomic E-state index is 0.283. The van der Waals surface area contributed by atoms with Gasteiger partial charge in [0.25, 0.3) is 0 Å². The first-order valence-electron chi connectivity index (χ1n) is 7.61. The number of rotatable bonds is 3. The Labute approximate surface area is 110 Å². The Morgan fingerprint density at radius 2 is 1.59 bits per heavy atom. The first-order valence-corrected chi connectivity index (χ1v) is 8.56. The van der Waals surface area contributed by atoms with E-state index in [9.17, 15) is 5.11 Å². The van der Waals surface area contributed by atoms with Crippen molar-refractivity contribution in [3.63, 3.8) is 0 Å². The van der Waals surface area contributed by atoms with E-state index in [1.165, 1.54) is 51.4 Å². The molecule has 0 aromatic heterocycles. The molecule has 0 radical (unpaired) electrons. The van der Waals surface area contributed by atoms with E-state index >= 15 is 0 Å². The molecular weight excluding hydrogens is 228 g/mol. The van der Waals surface area contributed by atoms with Crippen molar-refractivity contribution in [2.75, 3.05) is 0 Å². The van der Waals surface area contributed by atoms with E-state index in [1.807, 2.05) is 0 Å². The number of fused-ring (bicyclic) bond motifs is 2. The summed E-state index contributed by atoms with van der Waals surface area (Å²) in [6, 6.07) is 0. The molecule has 3 aliphatic rings.